The molecule has 2 N–H and O–H groups in total. The minimum atomic E-state index is -0.821. The summed E-state index contributed by atoms with van der Waals surface area (Å²) in [5.74, 6) is -1.36. The Labute approximate surface area is 117 Å². The van der Waals surface area contributed by atoms with E-state index in [9.17, 15) is 14.7 Å². The number of carboxylic acids is 1. The smallest absolute Gasteiger partial charge is 0.307 e. The Hall–Kier alpha value is -1.91. The van der Waals surface area contributed by atoms with Gasteiger partial charge in [-0.1, -0.05) is 6.07 Å². The van der Waals surface area contributed by atoms with Crippen LogP contribution in [-0.4, -0.2) is 22.0 Å². The number of hydrogen-bond acceptors (Lipinski definition) is 3. The molecule has 2 fully saturated rings. The third kappa shape index (κ3) is 2.28. The van der Waals surface area contributed by atoms with Crippen LogP contribution >= 0.6 is 0 Å². The Morgan fingerprint density at radius 1 is 1.30 bits per heavy atom. The normalized spacial score (nSPS) is 31.2. The highest BCUT2D eigenvalue weighted by Crippen LogP contribution is 2.52. The number of pyridine rings is 1. The zero-order chi connectivity index (χ0) is 14.1. The van der Waals surface area contributed by atoms with Crippen LogP contribution in [0, 0.1) is 23.7 Å². The van der Waals surface area contributed by atoms with Crippen molar-refractivity contribution in [2.24, 2.45) is 23.7 Å². The molecule has 0 aromatic carbocycles. The quantitative estimate of drug-likeness (QED) is 0.871. The van der Waals surface area contributed by atoms with E-state index in [1.807, 2.05) is 12.1 Å². The maximum absolute atomic E-state index is 12.3. The Morgan fingerprint density at radius 2 is 2.05 bits per heavy atom. The standard InChI is InChI=1S/C15H18N2O3/c18-14(17-8-9-2-1-5-16-7-9)12-10-3-4-11(6-10)13(12)15(19)20/h1-2,5,7,10-13H,3-4,6,8H2,(H,17,18)(H,19,20)/t10-,11+,12-,13-/m0/s1. The summed E-state index contributed by atoms with van der Waals surface area (Å²) in [6, 6.07) is 3.71. The molecular weight excluding hydrogens is 256 g/mol. The summed E-state index contributed by atoms with van der Waals surface area (Å²) < 4.78 is 0. The largest absolute Gasteiger partial charge is 0.481 e. The number of nitrogens with zero attached hydrogens (tertiary/aromatic N) is 1. The summed E-state index contributed by atoms with van der Waals surface area (Å²) in [5.41, 5.74) is 0.927. The SMILES string of the molecule is O=C(O)[C@H]1[C@@H]2CC[C@@H](C2)[C@@H]1C(=O)NCc1cccnc1. The summed E-state index contributed by atoms with van der Waals surface area (Å²) in [6.07, 6.45) is 6.22. The molecule has 0 saturated heterocycles. The summed E-state index contributed by atoms with van der Waals surface area (Å²) in [4.78, 5) is 27.7. The van der Waals surface area contributed by atoms with Gasteiger partial charge in [0, 0.05) is 18.9 Å². The van der Waals surface area contributed by atoms with Gasteiger partial charge < -0.3 is 10.4 Å². The van der Waals surface area contributed by atoms with Crippen LogP contribution in [0.25, 0.3) is 0 Å². The van der Waals surface area contributed by atoms with Crippen LogP contribution in [0.1, 0.15) is 24.8 Å². The second kappa shape index (κ2) is 5.23. The molecule has 0 aliphatic heterocycles. The van der Waals surface area contributed by atoms with Gasteiger partial charge in [0.25, 0.3) is 0 Å². The number of aliphatic carboxylic acids is 1. The highest BCUT2D eigenvalue weighted by Gasteiger charge is 2.53. The number of aromatic nitrogens is 1. The molecule has 106 valence electrons. The first-order valence-corrected chi connectivity index (χ1v) is 7.06. The Bertz CT molecular complexity index is 517. The van der Waals surface area contributed by atoms with Gasteiger partial charge in [-0.3, -0.25) is 14.6 Å². The van der Waals surface area contributed by atoms with Crippen molar-refractivity contribution in [3.8, 4) is 0 Å². The molecule has 2 saturated carbocycles. The van der Waals surface area contributed by atoms with Crippen LogP contribution in [-0.2, 0) is 16.1 Å². The zero-order valence-corrected chi connectivity index (χ0v) is 11.2. The van der Waals surface area contributed by atoms with Crippen LogP contribution in [0.5, 0.6) is 0 Å². The Morgan fingerprint density at radius 3 is 2.70 bits per heavy atom. The van der Waals surface area contributed by atoms with Gasteiger partial charge >= 0.3 is 5.97 Å². The zero-order valence-electron chi connectivity index (χ0n) is 11.2. The van der Waals surface area contributed by atoms with Crippen LogP contribution in [0.2, 0.25) is 0 Å². The molecule has 5 nitrogen and oxygen atoms in total. The molecule has 0 unspecified atom stereocenters. The summed E-state index contributed by atoms with van der Waals surface area (Å²) in [7, 11) is 0. The molecule has 0 radical (unpaired) electrons. The number of fused-ring (bicyclic) bond motifs is 2. The Kier molecular flexibility index (Phi) is 3.42. The van der Waals surface area contributed by atoms with E-state index in [0.29, 0.717) is 6.54 Å². The van der Waals surface area contributed by atoms with Gasteiger partial charge in [0.05, 0.1) is 11.8 Å². The topological polar surface area (TPSA) is 79.3 Å². The van der Waals surface area contributed by atoms with Crippen molar-refractivity contribution in [2.75, 3.05) is 0 Å². The minimum absolute atomic E-state index is 0.117. The number of hydrogen-bond donors (Lipinski definition) is 2. The van der Waals surface area contributed by atoms with Gasteiger partial charge in [-0.25, -0.2) is 0 Å². The molecule has 20 heavy (non-hydrogen) atoms. The molecule has 2 aliphatic carbocycles. The first-order chi connectivity index (χ1) is 9.66. The van der Waals surface area contributed by atoms with Crippen molar-refractivity contribution < 1.29 is 14.7 Å². The first kappa shape index (κ1) is 13.1. The van der Waals surface area contributed by atoms with E-state index >= 15 is 0 Å². The number of carboxylic acid groups (broad SMARTS) is 1. The number of nitrogens with one attached hydrogen (secondary N) is 1. The van der Waals surface area contributed by atoms with Crippen molar-refractivity contribution in [1.82, 2.24) is 10.3 Å². The lowest BCUT2D eigenvalue weighted by Crippen LogP contribution is -2.41. The van der Waals surface area contributed by atoms with Crippen molar-refractivity contribution in [1.29, 1.82) is 0 Å². The minimum Gasteiger partial charge on any atom is -0.481 e. The molecule has 3 rings (SSSR count). The number of rotatable bonds is 4. The molecule has 2 bridgehead atoms. The van der Waals surface area contributed by atoms with Gasteiger partial charge in [-0.15, -0.1) is 0 Å². The predicted molar refractivity (Wildman–Crippen MR) is 71.5 cm³/mol. The molecular formula is C15H18N2O3. The van der Waals surface area contributed by atoms with E-state index in [1.54, 1.807) is 12.4 Å². The Balaban J connectivity index is 1.66. The van der Waals surface area contributed by atoms with Crippen LogP contribution < -0.4 is 5.32 Å². The third-order valence-electron chi connectivity index (χ3n) is 4.69. The average molecular weight is 274 g/mol. The third-order valence-corrected chi connectivity index (χ3v) is 4.69. The fraction of sp³-hybridized carbons (Fsp3) is 0.533. The monoisotopic (exact) mass is 274 g/mol. The van der Waals surface area contributed by atoms with Crippen molar-refractivity contribution in [3.05, 3.63) is 30.1 Å². The van der Waals surface area contributed by atoms with Crippen molar-refractivity contribution in [2.45, 2.75) is 25.8 Å². The van der Waals surface area contributed by atoms with Crippen LogP contribution in [0.15, 0.2) is 24.5 Å². The van der Waals surface area contributed by atoms with Gasteiger partial charge in [-0.2, -0.15) is 0 Å². The molecule has 0 spiro atoms. The van der Waals surface area contributed by atoms with Gasteiger partial charge in [0.2, 0.25) is 5.91 Å². The highest BCUT2D eigenvalue weighted by atomic mass is 16.4. The average Bonchev–Trinajstić information content (AvgIpc) is 3.06. The summed E-state index contributed by atoms with van der Waals surface area (Å²) >= 11 is 0. The maximum Gasteiger partial charge on any atom is 0.307 e. The molecule has 5 heteroatoms. The van der Waals surface area contributed by atoms with Crippen LogP contribution in [0.4, 0.5) is 0 Å². The van der Waals surface area contributed by atoms with Gasteiger partial charge in [0.1, 0.15) is 0 Å². The van der Waals surface area contributed by atoms with E-state index in [1.165, 1.54) is 0 Å². The van der Waals surface area contributed by atoms with E-state index < -0.39 is 11.9 Å². The van der Waals surface area contributed by atoms with Crippen molar-refractivity contribution >= 4 is 11.9 Å². The molecule has 1 aromatic heterocycles. The van der Waals surface area contributed by atoms with Crippen molar-refractivity contribution in [3.63, 3.8) is 0 Å². The predicted octanol–water partition coefficient (Wildman–Crippen LogP) is 1.44. The van der Waals surface area contributed by atoms with Gasteiger partial charge in [0.15, 0.2) is 0 Å². The number of carbonyl (C=O) groups is 2. The van der Waals surface area contributed by atoms with E-state index in [-0.39, 0.29) is 23.7 Å². The fourth-order valence-corrected chi connectivity index (χ4v) is 3.83. The lowest BCUT2D eigenvalue weighted by Gasteiger charge is -2.27. The molecule has 2 aliphatic rings. The molecule has 4 atom stereocenters. The number of carbonyl (C=O) groups excluding carboxylic acids is 1. The molecule has 1 heterocycles. The second-order valence-electron chi connectivity index (χ2n) is 5.80. The highest BCUT2D eigenvalue weighted by molar-refractivity contribution is 5.86. The summed E-state index contributed by atoms with van der Waals surface area (Å²) in [6.45, 7) is 0.410. The molecule has 1 aromatic rings. The van der Waals surface area contributed by atoms with E-state index in [2.05, 4.69) is 10.3 Å². The second-order valence-corrected chi connectivity index (χ2v) is 5.80. The lowest BCUT2D eigenvalue weighted by atomic mass is 9.78. The first-order valence-electron chi connectivity index (χ1n) is 7.06. The van der Waals surface area contributed by atoms with Gasteiger partial charge in [-0.05, 0) is 42.7 Å². The van der Waals surface area contributed by atoms with Crippen LogP contribution in [0.3, 0.4) is 0 Å². The summed E-state index contributed by atoms with van der Waals surface area (Å²) in [5, 5.41) is 12.2. The van der Waals surface area contributed by atoms with E-state index in [0.717, 1.165) is 24.8 Å². The molecule has 1 amide bonds. The number of amides is 1. The van der Waals surface area contributed by atoms with E-state index in [4.69, 9.17) is 0 Å². The fourth-order valence-electron chi connectivity index (χ4n) is 3.83. The maximum atomic E-state index is 12.3. The lowest BCUT2D eigenvalue weighted by molar-refractivity contribution is -0.149.